The van der Waals surface area contributed by atoms with Gasteiger partial charge in [-0.15, -0.1) is 0 Å². The number of sulfone groups is 1. The van der Waals surface area contributed by atoms with E-state index in [4.69, 9.17) is 4.74 Å². The van der Waals surface area contributed by atoms with E-state index in [1.807, 2.05) is 6.92 Å². The Balaban J connectivity index is 1.65. The first-order valence-electron chi connectivity index (χ1n) is 9.85. The van der Waals surface area contributed by atoms with E-state index in [-0.39, 0.29) is 28.4 Å². The van der Waals surface area contributed by atoms with E-state index in [9.17, 15) is 21.6 Å². The normalized spacial score (nSPS) is 23.2. The molecule has 2 atom stereocenters. The molecule has 12 heteroatoms. The monoisotopic (exact) mass is 477 g/mol. The van der Waals surface area contributed by atoms with E-state index in [2.05, 4.69) is 4.98 Å². The van der Waals surface area contributed by atoms with Gasteiger partial charge in [-0.3, -0.25) is 4.79 Å². The third kappa shape index (κ3) is 5.34. The van der Waals surface area contributed by atoms with Crippen molar-refractivity contribution in [1.82, 2.24) is 14.2 Å². The molecule has 0 saturated carbocycles. The molecule has 168 valence electrons. The summed E-state index contributed by atoms with van der Waals surface area (Å²) in [6.45, 7) is 5.39. The molecule has 1 aromatic rings. The Hall–Kier alpha value is -1.21. The predicted octanol–water partition coefficient (Wildman–Crippen LogP) is 0.619. The molecule has 0 unspecified atom stereocenters. The zero-order chi connectivity index (χ0) is 21.9. The van der Waals surface area contributed by atoms with Gasteiger partial charge >= 0.3 is 0 Å². The average Bonchev–Trinajstić information content (AvgIpc) is 3.09. The van der Waals surface area contributed by atoms with Gasteiger partial charge in [-0.1, -0.05) is 11.8 Å². The summed E-state index contributed by atoms with van der Waals surface area (Å²) in [6.07, 6.45) is 1.77. The molecule has 3 heterocycles. The lowest BCUT2D eigenvalue weighted by molar-refractivity contribution is -0.131. The van der Waals surface area contributed by atoms with E-state index < -0.39 is 25.1 Å². The molecule has 2 saturated heterocycles. The van der Waals surface area contributed by atoms with Gasteiger partial charge in [0.25, 0.3) is 0 Å². The topological polar surface area (TPSA) is 114 Å². The molecule has 0 aromatic carbocycles. The molecule has 0 radical (unpaired) electrons. The van der Waals surface area contributed by atoms with Gasteiger partial charge in [0.1, 0.15) is 4.90 Å². The van der Waals surface area contributed by atoms with Crippen molar-refractivity contribution in [3.05, 3.63) is 18.3 Å². The SMILES string of the molecule is CCN(C(=O)[C@@H](C)Sc1ccc(S(=O)(=O)N2CCOCC2)cn1)[C@H]1CCS(=O)(=O)C1. The van der Waals surface area contributed by atoms with Crippen molar-refractivity contribution in [2.75, 3.05) is 44.4 Å². The number of rotatable bonds is 7. The van der Waals surface area contributed by atoms with Crippen LogP contribution in [0.2, 0.25) is 0 Å². The van der Waals surface area contributed by atoms with Gasteiger partial charge in [-0.05, 0) is 32.4 Å². The molecule has 3 rings (SSSR count). The van der Waals surface area contributed by atoms with Crippen molar-refractivity contribution in [2.24, 2.45) is 0 Å². The van der Waals surface area contributed by atoms with Gasteiger partial charge in [-0.25, -0.2) is 21.8 Å². The number of thioether (sulfide) groups is 1. The van der Waals surface area contributed by atoms with E-state index in [0.717, 1.165) is 0 Å². The van der Waals surface area contributed by atoms with E-state index in [0.29, 0.717) is 44.3 Å². The number of carbonyl (C=O) groups is 1. The Kier molecular flexibility index (Phi) is 7.44. The lowest BCUT2D eigenvalue weighted by atomic mass is 10.2. The Labute approximate surface area is 182 Å². The molecule has 1 amide bonds. The smallest absolute Gasteiger partial charge is 0.244 e. The second kappa shape index (κ2) is 9.51. The quantitative estimate of drug-likeness (QED) is 0.525. The molecule has 2 aliphatic heterocycles. The van der Waals surface area contributed by atoms with Crippen LogP contribution in [0, 0.1) is 0 Å². The first-order chi connectivity index (χ1) is 14.1. The van der Waals surface area contributed by atoms with Crippen LogP contribution in [0.5, 0.6) is 0 Å². The molecule has 2 aliphatic rings. The third-order valence-corrected chi connectivity index (χ3v) is 9.91. The standard InChI is InChI=1S/C18H27N3O6S3/c1-3-21(15-6-11-29(23,24)13-15)18(22)14(2)28-17-5-4-16(12-19-17)30(25,26)20-7-9-27-10-8-20/h4-5,12,14-15H,3,6-11,13H2,1-2H3/t14-,15+/m1/s1. The number of ether oxygens (including phenoxy) is 1. The van der Waals surface area contributed by atoms with Crippen LogP contribution in [0.25, 0.3) is 0 Å². The van der Waals surface area contributed by atoms with Crippen LogP contribution < -0.4 is 0 Å². The Bertz CT molecular complexity index is 959. The molecule has 30 heavy (non-hydrogen) atoms. The predicted molar refractivity (Wildman–Crippen MR) is 114 cm³/mol. The zero-order valence-electron chi connectivity index (χ0n) is 17.1. The fourth-order valence-electron chi connectivity index (χ4n) is 3.61. The average molecular weight is 478 g/mol. The molecule has 0 spiro atoms. The molecule has 0 bridgehead atoms. The maximum Gasteiger partial charge on any atom is 0.244 e. The number of hydrogen-bond acceptors (Lipinski definition) is 8. The van der Waals surface area contributed by atoms with Crippen LogP contribution in [0.15, 0.2) is 28.3 Å². The molecule has 9 nitrogen and oxygen atoms in total. The van der Waals surface area contributed by atoms with Crippen molar-refractivity contribution >= 4 is 37.5 Å². The highest BCUT2D eigenvalue weighted by molar-refractivity contribution is 8.00. The second-order valence-corrected chi connectivity index (χ2v) is 12.8. The summed E-state index contributed by atoms with van der Waals surface area (Å²) in [4.78, 5) is 18.8. The van der Waals surface area contributed by atoms with Crippen LogP contribution in [0.1, 0.15) is 20.3 Å². The van der Waals surface area contributed by atoms with Gasteiger partial charge in [-0.2, -0.15) is 4.31 Å². The number of sulfonamides is 1. The van der Waals surface area contributed by atoms with Gasteiger partial charge in [0.15, 0.2) is 9.84 Å². The largest absolute Gasteiger partial charge is 0.379 e. The first-order valence-corrected chi connectivity index (χ1v) is 14.0. The summed E-state index contributed by atoms with van der Waals surface area (Å²) in [6, 6.07) is 2.81. The minimum absolute atomic E-state index is 0.0102. The van der Waals surface area contributed by atoms with Gasteiger partial charge < -0.3 is 9.64 Å². The van der Waals surface area contributed by atoms with Crippen molar-refractivity contribution in [2.45, 2.75) is 41.5 Å². The molecular weight excluding hydrogens is 450 g/mol. The maximum absolute atomic E-state index is 12.9. The Morgan fingerprint density at radius 1 is 1.37 bits per heavy atom. The number of aromatic nitrogens is 1. The number of morpholine rings is 1. The minimum Gasteiger partial charge on any atom is -0.379 e. The molecule has 0 N–H and O–H groups in total. The lowest BCUT2D eigenvalue weighted by Gasteiger charge is -2.29. The molecule has 0 aliphatic carbocycles. The van der Waals surface area contributed by atoms with Crippen molar-refractivity contribution < 1.29 is 26.4 Å². The van der Waals surface area contributed by atoms with Gasteiger partial charge in [0.2, 0.25) is 15.9 Å². The fourth-order valence-corrected chi connectivity index (χ4v) is 7.55. The summed E-state index contributed by atoms with van der Waals surface area (Å²) in [5, 5.41) is 0.0642. The molecular formula is C18H27N3O6S3. The van der Waals surface area contributed by atoms with Crippen LogP contribution in [0.3, 0.4) is 0 Å². The number of carbonyl (C=O) groups excluding carboxylic acids is 1. The van der Waals surface area contributed by atoms with E-state index in [1.54, 1.807) is 17.9 Å². The van der Waals surface area contributed by atoms with Crippen LogP contribution in [-0.2, 0) is 29.4 Å². The highest BCUT2D eigenvalue weighted by atomic mass is 32.2. The number of hydrogen-bond donors (Lipinski definition) is 0. The lowest BCUT2D eigenvalue weighted by Crippen LogP contribution is -2.44. The number of amides is 1. The summed E-state index contributed by atoms with van der Waals surface area (Å²) in [7, 11) is -6.69. The summed E-state index contributed by atoms with van der Waals surface area (Å²) in [5.41, 5.74) is 0. The summed E-state index contributed by atoms with van der Waals surface area (Å²) < 4.78 is 55.4. The molecule has 1 aromatic heterocycles. The fraction of sp³-hybridized carbons (Fsp3) is 0.667. The maximum atomic E-state index is 12.9. The van der Waals surface area contributed by atoms with Gasteiger partial charge in [0.05, 0.1) is 35.0 Å². The Morgan fingerprint density at radius 3 is 2.60 bits per heavy atom. The second-order valence-electron chi connectivity index (χ2n) is 7.29. The third-order valence-electron chi connectivity index (χ3n) is 5.24. The van der Waals surface area contributed by atoms with Crippen LogP contribution in [0.4, 0.5) is 0 Å². The van der Waals surface area contributed by atoms with Crippen LogP contribution >= 0.6 is 11.8 Å². The number of nitrogens with zero attached hydrogens (tertiary/aromatic N) is 3. The highest BCUT2D eigenvalue weighted by Crippen LogP contribution is 2.27. The minimum atomic E-state index is -3.61. The highest BCUT2D eigenvalue weighted by Gasteiger charge is 2.35. The summed E-state index contributed by atoms with van der Waals surface area (Å²) in [5.74, 6) is -0.0173. The van der Waals surface area contributed by atoms with Crippen molar-refractivity contribution in [1.29, 1.82) is 0 Å². The van der Waals surface area contributed by atoms with Crippen molar-refractivity contribution in [3.8, 4) is 0 Å². The van der Waals surface area contributed by atoms with E-state index in [1.165, 1.54) is 28.3 Å². The zero-order valence-corrected chi connectivity index (χ0v) is 19.5. The van der Waals surface area contributed by atoms with E-state index >= 15 is 0 Å². The molecule has 2 fully saturated rings. The Morgan fingerprint density at radius 2 is 2.07 bits per heavy atom. The van der Waals surface area contributed by atoms with Crippen LogP contribution in [-0.4, -0.2) is 92.6 Å². The number of pyridine rings is 1. The summed E-state index contributed by atoms with van der Waals surface area (Å²) >= 11 is 1.23. The van der Waals surface area contributed by atoms with Gasteiger partial charge in [0, 0.05) is 31.9 Å². The first kappa shape index (κ1) is 23.5. The van der Waals surface area contributed by atoms with Crippen molar-refractivity contribution in [3.63, 3.8) is 0 Å².